The maximum Gasteiger partial charge on any atom is 0.494 e. The maximum atomic E-state index is 10.7. The Labute approximate surface area is 153 Å². The molecule has 2 aromatic carbocycles. The number of anilines is 1. The molecule has 3 rings (SSSR count). The van der Waals surface area contributed by atoms with E-state index in [1.807, 2.05) is 52.0 Å². The number of benzene rings is 2. The van der Waals surface area contributed by atoms with Crippen molar-refractivity contribution in [2.24, 2.45) is 0 Å². The van der Waals surface area contributed by atoms with E-state index in [2.05, 4.69) is 5.32 Å². The van der Waals surface area contributed by atoms with E-state index in [1.54, 1.807) is 24.3 Å². The normalized spacial score (nSPS) is 17.8. The molecule has 136 valence electrons. The van der Waals surface area contributed by atoms with Gasteiger partial charge in [0.15, 0.2) is 0 Å². The number of rotatable bonds is 4. The molecule has 0 saturated carbocycles. The zero-order valence-electron chi connectivity index (χ0n) is 15.3. The fourth-order valence-corrected chi connectivity index (χ4v) is 2.57. The van der Waals surface area contributed by atoms with Gasteiger partial charge in [0, 0.05) is 11.8 Å². The maximum absolute atomic E-state index is 10.7. The molecule has 1 aliphatic heterocycles. The van der Waals surface area contributed by atoms with Gasteiger partial charge >= 0.3 is 13.2 Å². The molecule has 6 nitrogen and oxygen atoms in total. The van der Waals surface area contributed by atoms with Crippen LogP contribution in [0.3, 0.4) is 0 Å². The summed E-state index contributed by atoms with van der Waals surface area (Å²) in [5.41, 5.74) is 0.593. The van der Waals surface area contributed by atoms with E-state index in [-0.39, 0.29) is 11.2 Å². The first-order valence-electron chi connectivity index (χ1n) is 8.40. The summed E-state index contributed by atoms with van der Waals surface area (Å²) in [7, 11) is -0.419. The summed E-state index contributed by atoms with van der Waals surface area (Å²) in [4.78, 5) is 10.7. The summed E-state index contributed by atoms with van der Waals surface area (Å²) >= 11 is 0. The van der Waals surface area contributed by atoms with Crippen LogP contribution in [0.1, 0.15) is 27.7 Å². The first kappa shape index (κ1) is 18.3. The van der Waals surface area contributed by atoms with Gasteiger partial charge in [-0.15, -0.1) is 0 Å². The average Bonchev–Trinajstić information content (AvgIpc) is 2.76. The second-order valence-electron chi connectivity index (χ2n) is 7.22. The SMILES string of the molecule is CC1(C)OB(c2ccc(Oc3cccc(NC(=O)O)c3)cc2)OC1(C)C. The van der Waals surface area contributed by atoms with E-state index < -0.39 is 13.2 Å². The van der Waals surface area contributed by atoms with Gasteiger partial charge in [0.05, 0.1) is 11.2 Å². The lowest BCUT2D eigenvalue weighted by atomic mass is 9.79. The minimum atomic E-state index is -1.12. The van der Waals surface area contributed by atoms with E-state index in [4.69, 9.17) is 19.2 Å². The van der Waals surface area contributed by atoms with Crippen molar-refractivity contribution >= 4 is 24.4 Å². The van der Waals surface area contributed by atoms with Crippen LogP contribution in [0.2, 0.25) is 0 Å². The van der Waals surface area contributed by atoms with E-state index in [0.29, 0.717) is 17.2 Å². The van der Waals surface area contributed by atoms with Crippen LogP contribution in [-0.4, -0.2) is 29.5 Å². The highest BCUT2D eigenvalue weighted by Crippen LogP contribution is 2.36. The van der Waals surface area contributed by atoms with Crippen LogP contribution in [0.4, 0.5) is 10.5 Å². The molecule has 7 heteroatoms. The van der Waals surface area contributed by atoms with Gasteiger partial charge in [-0.1, -0.05) is 18.2 Å². The Morgan fingerprint density at radius 1 is 1.00 bits per heavy atom. The molecular formula is C19H22BNO5. The first-order chi connectivity index (χ1) is 12.2. The molecular weight excluding hydrogens is 333 g/mol. The standard InChI is InChI=1S/C19H22BNO5/c1-18(2)19(3,4)26-20(25-18)13-8-10-15(11-9-13)24-16-7-5-6-14(12-16)21-17(22)23/h5-12,21H,1-4H3,(H,22,23). The molecule has 1 saturated heterocycles. The molecule has 0 bridgehead atoms. The molecule has 26 heavy (non-hydrogen) atoms. The number of hydrogen-bond acceptors (Lipinski definition) is 4. The minimum absolute atomic E-state index is 0.385. The Bertz CT molecular complexity index is 788. The first-order valence-corrected chi connectivity index (χ1v) is 8.40. The molecule has 1 heterocycles. The third-order valence-electron chi connectivity index (χ3n) is 4.73. The number of hydrogen-bond donors (Lipinski definition) is 2. The van der Waals surface area contributed by atoms with Crippen molar-refractivity contribution in [1.29, 1.82) is 0 Å². The smallest absolute Gasteiger partial charge is 0.465 e. The highest BCUT2D eigenvalue weighted by Gasteiger charge is 2.51. The van der Waals surface area contributed by atoms with Crippen molar-refractivity contribution in [3.05, 3.63) is 48.5 Å². The largest absolute Gasteiger partial charge is 0.494 e. The van der Waals surface area contributed by atoms with Gasteiger partial charge in [0.1, 0.15) is 11.5 Å². The Morgan fingerprint density at radius 3 is 2.19 bits per heavy atom. The Kier molecular flexibility index (Phi) is 4.69. The van der Waals surface area contributed by atoms with Gasteiger partial charge in [0.2, 0.25) is 0 Å². The number of nitrogens with one attached hydrogen (secondary N) is 1. The molecule has 1 fully saturated rings. The molecule has 0 aliphatic carbocycles. The number of ether oxygens (including phenoxy) is 1. The van der Waals surface area contributed by atoms with Gasteiger partial charge in [-0.25, -0.2) is 4.79 Å². The molecule has 2 aromatic rings. The number of amides is 1. The Hall–Kier alpha value is -2.51. The summed E-state index contributed by atoms with van der Waals surface area (Å²) in [6.45, 7) is 8.07. The monoisotopic (exact) mass is 355 g/mol. The number of carboxylic acid groups (broad SMARTS) is 1. The molecule has 1 aliphatic rings. The summed E-state index contributed by atoms with van der Waals surface area (Å²) in [5, 5.41) is 11.1. The molecule has 0 unspecified atom stereocenters. The fourth-order valence-electron chi connectivity index (χ4n) is 2.57. The summed E-state index contributed by atoms with van der Waals surface area (Å²) in [6, 6.07) is 14.2. The molecule has 0 atom stereocenters. The predicted molar refractivity (Wildman–Crippen MR) is 100 cm³/mol. The topological polar surface area (TPSA) is 77.0 Å². The Balaban J connectivity index is 1.70. The average molecular weight is 355 g/mol. The van der Waals surface area contributed by atoms with E-state index >= 15 is 0 Å². The third-order valence-corrected chi connectivity index (χ3v) is 4.73. The van der Waals surface area contributed by atoms with Crippen molar-refractivity contribution in [2.75, 3.05) is 5.32 Å². The summed E-state index contributed by atoms with van der Waals surface area (Å²) in [5.74, 6) is 1.18. The molecule has 2 N–H and O–H groups in total. The van der Waals surface area contributed by atoms with Gasteiger partial charge in [-0.3, -0.25) is 5.32 Å². The lowest BCUT2D eigenvalue weighted by Crippen LogP contribution is -2.41. The van der Waals surface area contributed by atoms with Crippen molar-refractivity contribution in [3.8, 4) is 11.5 Å². The van der Waals surface area contributed by atoms with Gasteiger partial charge in [-0.2, -0.15) is 0 Å². The lowest BCUT2D eigenvalue weighted by molar-refractivity contribution is 0.00578. The van der Waals surface area contributed by atoms with Crippen LogP contribution in [0.5, 0.6) is 11.5 Å². The van der Waals surface area contributed by atoms with Gasteiger partial charge < -0.3 is 19.2 Å². The van der Waals surface area contributed by atoms with Crippen molar-refractivity contribution < 1.29 is 23.9 Å². The highest BCUT2D eigenvalue weighted by molar-refractivity contribution is 6.62. The molecule has 0 spiro atoms. The van der Waals surface area contributed by atoms with E-state index in [1.165, 1.54) is 0 Å². The van der Waals surface area contributed by atoms with Crippen LogP contribution >= 0.6 is 0 Å². The molecule has 1 amide bonds. The van der Waals surface area contributed by atoms with Crippen molar-refractivity contribution in [3.63, 3.8) is 0 Å². The van der Waals surface area contributed by atoms with E-state index in [0.717, 1.165) is 5.46 Å². The minimum Gasteiger partial charge on any atom is -0.465 e. The molecule has 0 aromatic heterocycles. The molecule has 0 radical (unpaired) electrons. The zero-order valence-corrected chi connectivity index (χ0v) is 15.3. The summed E-state index contributed by atoms with van der Waals surface area (Å²) < 4.78 is 17.9. The van der Waals surface area contributed by atoms with Gasteiger partial charge in [0.25, 0.3) is 0 Å². The summed E-state index contributed by atoms with van der Waals surface area (Å²) in [6.07, 6.45) is -1.12. The lowest BCUT2D eigenvalue weighted by Gasteiger charge is -2.32. The predicted octanol–water partition coefficient (Wildman–Crippen LogP) is 3.87. The second-order valence-corrected chi connectivity index (χ2v) is 7.22. The van der Waals surface area contributed by atoms with Crippen molar-refractivity contribution in [2.45, 2.75) is 38.9 Å². The van der Waals surface area contributed by atoms with Crippen LogP contribution in [0.15, 0.2) is 48.5 Å². The number of carbonyl (C=O) groups is 1. The van der Waals surface area contributed by atoms with Gasteiger partial charge in [-0.05, 0) is 57.4 Å². The third kappa shape index (κ3) is 3.84. The zero-order chi connectivity index (χ0) is 18.9. The van der Waals surface area contributed by atoms with Crippen LogP contribution in [-0.2, 0) is 9.31 Å². The fraction of sp³-hybridized carbons (Fsp3) is 0.316. The van der Waals surface area contributed by atoms with Crippen molar-refractivity contribution in [1.82, 2.24) is 0 Å². The van der Waals surface area contributed by atoms with E-state index in [9.17, 15) is 4.79 Å². The highest BCUT2D eigenvalue weighted by atomic mass is 16.7. The quantitative estimate of drug-likeness (QED) is 0.815. The van der Waals surface area contributed by atoms with Crippen LogP contribution in [0.25, 0.3) is 0 Å². The Morgan fingerprint density at radius 2 is 1.62 bits per heavy atom. The van der Waals surface area contributed by atoms with Crippen LogP contribution in [0, 0.1) is 0 Å². The second kappa shape index (κ2) is 6.66. The van der Waals surface area contributed by atoms with Crippen LogP contribution < -0.4 is 15.5 Å².